The van der Waals surface area contributed by atoms with Gasteiger partial charge >= 0.3 is 0 Å². The Morgan fingerprint density at radius 2 is 2.13 bits per heavy atom. The molecule has 0 aliphatic heterocycles. The second-order valence-electron chi connectivity index (χ2n) is 3.48. The minimum Gasteiger partial charge on any atom is -0.286 e. The summed E-state index contributed by atoms with van der Waals surface area (Å²) in [5.74, 6) is 0.0196. The number of ketones is 1. The zero-order valence-electron chi connectivity index (χ0n) is 8.65. The summed E-state index contributed by atoms with van der Waals surface area (Å²) in [6, 6.07) is 5.66. The lowest BCUT2D eigenvalue weighted by Gasteiger charge is -1.99. The van der Waals surface area contributed by atoms with Gasteiger partial charge in [-0.3, -0.25) is 9.78 Å². The van der Waals surface area contributed by atoms with Gasteiger partial charge in [0.2, 0.25) is 5.78 Å². The highest BCUT2D eigenvalue weighted by atomic mass is 32.1. The fourth-order valence-electron chi connectivity index (χ4n) is 1.38. The Kier molecular flexibility index (Phi) is 2.64. The number of carbonyl (C=O) groups is 1. The highest BCUT2D eigenvalue weighted by Crippen LogP contribution is 2.19. The normalized spacial score (nSPS) is 10.3. The van der Waals surface area contributed by atoms with E-state index >= 15 is 0 Å². The Bertz CT molecular complexity index is 502. The van der Waals surface area contributed by atoms with Crippen LogP contribution in [0.5, 0.6) is 0 Å². The maximum atomic E-state index is 12.0. The van der Waals surface area contributed by atoms with Crippen molar-refractivity contribution in [1.82, 2.24) is 4.98 Å². The van der Waals surface area contributed by atoms with Crippen LogP contribution >= 0.6 is 11.3 Å². The zero-order chi connectivity index (χ0) is 10.8. The zero-order valence-corrected chi connectivity index (χ0v) is 9.47. The largest absolute Gasteiger partial charge is 0.286 e. The molecule has 0 fully saturated rings. The summed E-state index contributed by atoms with van der Waals surface area (Å²) in [6.45, 7) is 3.90. The van der Waals surface area contributed by atoms with Gasteiger partial charge < -0.3 is 0 Å². The van der Waals surface area contributed by atoms with Crippen LogP contribution in [0.25, 0.3) is 0 Å². The molecule has 76 valence electrons. The molecule has 15 heavy (non-hydrogen) atoms. The minimum atomic E-state index is 0.0196. The molecule has 0 amide bonds. The second-order valence-corrected chi connectivity index (χ2v) is 4.40. The van der Waals surface area contributed by atoms with E-state index in [9.17, 15) is 4.79 Å². The lowest BCUT2D eigenvalue weighted by molar-refractivity contribution is 0.103. The monoisotopic (exact) mass is 217 g/mol. The molecule has 0 aliphatic carbocycles. The van der Waals surface area contributed by atoms with Gasteiger partial charge in [-0.1, -0.05) is 0 Å². The third-order valence-electron chi connectivity index (χ3n) is 2.22. The number of nitrogens with zero attached hydrogens (tertiary/aromatic N) is 1. The molecule has 0 N–H and O–H groups in total. The van der Waals surface area contributed by atoms with E-state index in [0.29, 0.717) is 5.69 Å². The van der Waals surface area contributed by atoms with E-state index in [1.165, 1.54) is 11.3 Å². The predicted octanol–water partition coefficient (Wildman–Crippen LogP) is 2.99. The molecule has 3 heteroatoms. The van der Waals surface area contributed by atoms with Gasteiger partial charge in [-0.05, 0) is 48.6 Å². The van der Waals surface area contributed by atoms with E-state index in [-0.39, 0.29) is 5.78 Å². The maximum absolute atomic E-state index is 12.0. The Morgan fingerprint density at radius 1 is 1.33 bits per heavy atom. The van der Waals surface area contributed by atoms with Crippen LogP contribution in [0.3, 0.4) is 0 Å². The Balaban J connectivity index is 2.41. The second kappa shape index (κ2) is 3.95. The van der Waals surface area contributed by atoms with Crippen LogP contribution < -0.4 is 0 Å². The van der Waals surface area contributed by atoms with Crippen LogP contribution in [0.15, 0.2) is 29.8 Å². The molecule has 2 aromatic heterocycles. The van der Waals surface area contributed by atoms with Gasteiger partial charge in [-0.2, -0.15) is 0 Å². The molecule has 2 heterocycles. The van der Waals surface area contributed by atoms with Gasteiger partial charge in [0.25, 0.3) is 0 Å². The first kappa shape index (κ1) is 10.1. The summed E-state index contributed by atoms with van der Waals surface area (Å²) < 4.78 is 0. The fraction of sp³-hybridized carbons (Fsp3) is 0.167. The molecule has 0 aliphatic rings. The number of thiophene rings is 1. The van der Waals surface area contributed by atoms with Crippen LogP contribution in [0, 0.1) is 13.8 Å². The van der Waals surface area contributed by atoms with Gasteiger partial charge in [-0.25, -0.2) is 0 Å². The molecule has 2 nitrogen and oxygen atoms in total. The SMILES string of the molecule is Cc1ccnc(C(=O)c2sccc2C)c1. The van der Waals surface area contributed by atoms with Crippen molar-refractivity contribution in [3.63, 3.8) is 0 Å². The van der Waals surface area contributed by atoms with Gasteiger partial charge in [0.15, 0.2) is 0 Å². The number of hydrogen-bond acceptors (Lipinski definition) is 3. The van der Waals surface area contributed by atoms with Gasteiger partial charge in [0, 0.05) is 6.20 Å². The first-order chi connectivity index (χ1) is 7.18. The van der Waals surface area contributed by atoms with Crippen molar-refractivity contribution in [2.45, 2.75) is 13.8 Å². The third kappa shape index (κ3) is 1.97. The van der Waals surface area contributed by atoms with E-state index in [1.807, 2.05) is 37.4 Å². The van der Waals surface area contributed by atoms with E-state index in [4.69, 9.17) is 0 Å². The number of aromatic nitrogens is 1. The minimum absolute atomic E-state index is 0.0196. The Morgan fingerprint density at radius 3 is 2.73 bits per heavy atom. The molecule has 0 saturated carbocycles. The average molecular weight is 217 g/mol. The highest BCUT2D eigenvalue weighted by molar-refractivity contribution is 7.12. The first-order valence-electron chi connectivity index (χ1n) is 4.70. The van der Waals surface area contributed by atoms with Crippen molar-refractivity contribution in [3.8, 4) is 0 Å². The van der Waals surface area contributed by atoms with E-state index in [1.54, 1.807) is 6.20 Å². The molecule has 0 bridgehead atoms. The quantitative estimate of drug-likeness (QED) is 0.724. The Hall–Kier alpha value is -1.48. The molecular formula is C12H11NOS. The smallest absolute Gasteiger partial charge is 0.221 e. The summed E-state index contributed by atoms with van der Waals surface area (Å²) in [5.41, 5.74) is 2.61. The maximum Gasteiger partial charge on any atom is 0.221 e. The van der Waals surface area contributed by atoms with Crippen LogP contribution in [-0.4, -0.2) is 10.8 Å². The van der Waals surface area contributed by atoms with Crippen LogP contribution in [-0.2, 0) is 0 Å². The molecule has 0 unspecified atom stereocenters. The number of aryl methyl sites for hydroxylation is 2. The van der Waals surface area contributed by atoms with Gasteiger partial charge in [0.05, 0.1) is 4.88 Å². The van der Waals surface area contributed by atoms with Crippen molar-refractivity contribution in [1.29, 1.82) is 0 Å². The summed E-state index contributed by atoms with van der Waals surface area (Å²) in [7, 11) is 0. The van der Waals surface area contributed by atoms with Crippen molar-refractivity contribution < 1.29 is 4.79 Å². The lowest BCUT2D eigenvalue weighted by Crippen LogP contribution is -2.03. The first-order valence-corrected chi connectivity index (χ1v) is 5.58. The number of rotatable bonds is 2. The standard InChI is InChI=1S/C12H11NOS/c1-8-3-5-13-10(7-8)11(14)12-9(2)4-6-15-12/h3-7H,1-2H3. The van der Waals surface area contributed by atoms with E-state index in [0.717, 1.165) is 16.0 Å². The third-order valence-corrected chi connectivity index (χ3v) is 3.23. The Labute approximate surface area is 92.6 Å². The molecule has 0 saturated heterocycles. The van der Waals surface area contributed by atoms with Gasteiger partial charge in [-0.15, -0.1) is 11.3 Å². The fourth-order valence-corrected chi connectivity index (χ4v) is 2.26. The summed E-state index contributed by atoms with van der Waals surface area (Å²) in [6.07, 6.45) is 1.67. The average Bonchev–Trinajstić information content (AvgIpc) is 2.63. The summed E-state index contributed by atoms with van der Waals surface area (Å²) in [5, 5.41) is 1.93. The van der Waals surface area contributed by atoms with Crippen LogP contribution in [0.1, 0.15) is 26.5 Å². The van der Waals surface area contributed by atoms with Crippen molar-refractivity contribution in [2.24, 2.45) is 0 Å². The summed E-state index contributed by atoms with van der Waals surface area (Å²) >= 11 is 1.47. The van der Waals surface area contributed by atoms with Crippen molar-refractivity contribution >= 4 is 17.1 Å². The molecular weight excluding hydrogens is 206 g/mol. The molecule has 0 spiro atoms. The lowest BCUT2D eigenvalue weighted by atomic mass is 10.1. The van der Waals surface area contributed by atoms with Crippen molar-refractivity contribution in [2.75, 3.05) is 0 Å². The topological polar surface area (TPSA) is 30.0 Å². The predicted molar refractivity (Wildman–Crippen MR) is 61.5 cm³/mol. The number of carbonyl (C=O) groups excluding carboxylic acids is 1. The molecule has 0 aromatic carbocycles. The van der Waals surface area contributed by atoms with E-state index in [2.05, 4.69) is 4.98 Å². The molecule has 2 rings (SSSR count). The number of hydrogen-bond donors (Lipinski definition) is 0. The molecule has 2 aromatic rings. The van der Waals surface area contributed by atoms with Crippen LogP contribution in [0.2, 0.25) is 0 Å². The van der Waals surface area contributed by atoms with Gasteiger partial charge in [0.1, 0.15) is 5.69 Å². The molecule has 0 atom stereocenters. The number of pyridine rings is 1. The molecule has 0 radical (unpaired) electrons. The van der Waals surface area contributed by atoms with Crippen molar-refractivity contribution in [3.05, 3.63) is 51.5 Å². The highest BCUT2D eigenvalue weighted by Gasteiger charge is 2.13. The van der Waals surface area contributed by atoms with Crippen LogP contribution in [0.4, 0.5) is 0 Å². The van der Waals surface area contributed by atoms with E-state index < -0.39 is 0 Å². The summed E-state index contributed by atoms with van der Waals surface area (Å²) in [4.78, 5) is 16.9.